The maximum absolute atomic E-state index is 14.3. The fourth-order valence-electron chi connectivity index (χ4n) is 3.17. The van der Waals surface area contributed by atoms with Crippen LogP contribution in [0.3, 0.4) is 0 Å². The van der Waals surface area contributed by atoms with Crippen LogP contribution in [0.1, 0.15) is 56.7 Å². The summed E-state index contributed by atoms with van der Waals surface area (Å²) in [4.78, 5) is 0. The van der Waals surface area contributed by atoms with Crippen molar-refractivity contribution in [2.24, 2.45) is 17.2 Å². The molecule has 1 atom stereocenters. The molecule has 1 aromatic carbocycles. The topological polar surface area (TPSA) is 38.0 Å². The largest absolute Gasteiger partial charge is 0.271 e. The Labute approximate surface area is 119 Å². The number of hydrogen-bond donors (Lipinski definition) is 2. The fraction of sp³-hybridized carbons (Fsp3) is 0.625. The van der Waals surface area contributed by atoms with Gasteiger partial charge in [0.15, 0.2) is 0 Å². The monoisotopic (exact) mass is 282 g/mol. The molecule has 1 aliphatic rings. The Kier molecular flexibility index (Phi) is 4.45. The van der Waals surface area contributed by atoms with Crippen molar-refractivity contribution in [1.29, 1.82) is 0 Å². The standard InChI is InChI=1S/C16H24F2N2/c1-10-4-5-12(17)13(14(10)18)15(20-19)11-6-8-16(2,3)9-7-11/h4-5,11,15,20H,6-9,19H2,1-3H3. The molecule has 0 heterocycles. The molecule has 2 rings (SSSR count). The highest BCUT2D eigenvalue weighted by atomic mass is 19.1. The minimum Gasteiger partial charge on any atom is -0.271 e. The molecule has 1 aromatic rings. The first-order valence-electron chi connectivity index (χ1n) is 7.26. The zero-order valence-corrected chi connectivity index (χ0v) is 12.5. The predicted octanol–water partition coefficient (Wildman–Crippen LogP) is 3.99. The van der Waals surface area contributed by atoms with E-state index >= 15 is 0 Å². The average molecular weight is 282 g/mol. The van der Waals surface area contributed by atoms with Gasteiger partial charge in [-0.05, 0) is 55.6 Å². The summed E-state index contributed by atoms with van der Waals surface area (Å²) in [5.41, 5.74) is 3.51. The van der Waals surface area contributed by atoms with E-state index in [1.165, 1.54) is 12.1 Å². The van der Waals surface area contributed by atoms with E-state index < -0.39 is 17.7 Å². The van der Waals surface area contributed by atoms with Gasteiger partial charge in [0.1, 0.15) is 11.6 Å². The molecule has 0 aromatic heterocycles. The highest BCUT2D eigenvalue weighted by Gasteiger charge is 2.34. The van der Waals surface area contributed by atoms with E-state index in [4.69, 9.17) is 5.84 Å². The first-order valence-corrected chi connectivity index (χ1v) is 7.26. The Morgan fingerprint density at radius 1 is 1.25 bits per heavy atom. The zero-order valence-electron chi connectivity index (χ0n) is 12.5. The Balaban J connectivity index is 2.28. The van der Waals surface area contributed by atoms with Crippen LogP contribution in [-0.2, 0) is 0 Å². The number of nitrogens with two attached hydrogens (primary N) is 1. The molecule has 112 valence electrons. The SMILES string of the molecule is Cc1ccc(F)c(C(NN)C2CCC(C)(C)CC2)c1F. The van der Waals surface area contributed by atoms with Gasteiger partial charge in [-0.1, -0.05) is 19.9 Å². The van der Waals surface area contributed by atoms with E-state index in [0.29, 0.717) is 11.0 Å². The summed E-state index contributed by atoms with van der Waals surface area (Å²) in [6.45, 7) is 6.12. The molecule has 0 saturated heterocycles. The molecule has 0 bridgehead atoms. The normalized spacial score (nSPS) is 20.9. The van der Waals surface area contributed by atoms with Crippen LogP contribution in [0.4, 0.5) is 8.78 Å². The maximum Gasteiger partial charge on any atom is 0.133 e. The van der Waals surface area contributed by atoms with E-state index in [-0.39, 0.29) is 11.5 Å². The van der Waals surface area contributed by atoms with Crippen LogP contribution < -0.4 is 11.3 Å². The van der Waals surface area contributed by atoms with Crippen molar-refractivity contribution in [3.63, 3.8) is 0 Å². The van der Waals surface area contributed by atoms with Crippen molar-refractivity contribution < 1.29 is 8.78 Å². The van der Waals surface area contributed by atoms with Gasteiger partial charge in [-0.25, -0.2) is 8.78 Å². The summed E-state index contributed by atoms with van der Waals surface area (Å²) >= 11 is 0. The highest BCUT2D eigenvalue weighted by molar-refractivity contribution is 5.29. The Bertz CT molecular complexity index is 476. The van der Waals surface area contributed by atoms with Crippen molar-refractivity contribution in [3.05, 3.63) is 34.9 Å². The molecule has 3 N–H and O–H groups in total. The third kappa shape index (κ3) is 3.01. The van der Waals surface area contributed by atoms with Crippen molar-refractivity contribution >= 4 is 0 Å². The zero-order chi connectivity index (χ0) is 14.9. The molecule has 4 heteroatoms. The van der Waals surface area contributed by atoms with Crippen molar-refractivity contribution in [2.45, 2.75) is 52.5 Å². The number of halogens is 2. The predicted molar refractivity (Wildman–Crippen MR) is 76.9 cm³/mol. The van der Waals surface area contributed by atoms with Gasteiger partial charge in [-0.2, -0.15) is 0 Å². The van der Waals surface area contributed by atoms with Gasteiger partial charge in [0, 0.05) is 5.56 Å². The summed E-state index contributed by atoms with van der Waals surface area (Å²) in [6, 6.07) is 2.34. The molecule has 1 fully saturated rings. The van der Waals surface area contributed by atoms with Gasteiger partial charge in [0.05, 0.1) is 6.04 Å². The van der Waals surface area contributed by atoms with Gasteiger partial charge in [-0.15, -0.1) is 0 Å². The smallest absolute Gasteiger partial charge is 0.133 e. The highest BCUT2D eigenvalue weighted by Crippen LogP contribution is 2.43. The lowest BCUT2D eigenvalue weighted by Gasteiger charge is -2.38. The quantitative estimate of drug-likeness (QED) is 0.649. The van der Waals surface area contributed by atoms with Gasteiger partial charge in [0.2, 0.25) is 0 Å². The molecule has 0 radical (unpaired) electrons. The number of hydrogen-bond acceptors (Lipinski definition) is 2. The molecule has 1 aliphatic carbocycles. The molecule has 2 nitrogen and oxygen atoms in total. The summed E-state index contributed by atoms with van der Waals surface area (Å²) in [7, 11) is 0. The second-order valence-corrected chi connectivity index (χ2v) is 6.74. The molecule has 0 amide bonds. The van der Waals surface area contributed by atoms with Crippen molar-refractivity contribution in [3.8, 4) is 0 Å². The van der Waals surface area contributed by atoms with Crippen molar-refractivity contribution in [1.82, 2.24) is 5.43 Å². The van der Waals surface area contributed by atoms with E-state index in [2.05, 4.69) is 19.3 Å². The van der Waals surface area contributed by atoms with E-state index in [1.807, 2.05) is 0 Å². The van der Waals surface area contributed by atoms with E-state index in [1.54, 1.807) is 6.92 Å². The van der Waals surface area contributed by atoms with Gasteiger partial charge >= 0.3 is 0 Å². The summed E-state index contributed by atoms with van der Waals surface area (Å²) in [6.07, 6.45) is 4.00. The van der Waals surface area contributed by atoms with Gasteiger partial charge < -0.3 is 0 Å². The average Bonchev–Trinajstić information content (AvgIpc) is 2.40. The van der Waals surface area contributed by atoms with Crippen LogP contribution in [0.2, 0.25) is 0 Å². The molecular formula is C16H24F2N2. The lowest BCUT2D eigenvalue weighted by atomic mass is 9.70. The molecule has 0 aliphatic heterocycles. The van der Waals surface area contributed by atoms with Crippen molar-refractivity contribution in [2.75, 3.05) is 0 Å². The fourth-order valence-corrected chi connectivity index (χ4v) is 3.17. The Morgan fingerprint density at radius 3 is 2.40 bits per heavy atom. The molecule has 1 saturated carbocycles. The maximum atomic E-state index is 14.3. The first kappa shape index (κ1) is 15.4. The van der Waals surface area contributed by atoms with Gasteiger partial charge in [0.25, 0.3) is 0 Å². The Hall–Kier alpha value is -1.00. The van der Waals surface area contributed by atoms with Crippen LogP contribution in [0.15, 0.2) is 12.1 Å². The number of nitrogens with one attached hydrogen (secondary N) is 1. The molecule has 20 heavy (non-hydrogen) atoms. The summed E-state index contributed by atoms with van der Waals surface area (Å²) < 4.78 is 28.3. The first-order chi connectivity index (χ1) is 9.35. The second kappa shape index (κ2) is 5.78. The van der Waals surface area contributed by atoms with Crippen LogP contribution >= 0.6 is 0 Å². The van der Waals surface area contributed by atoms with Crippen LogP contribution in [0.25, 0.3) is 0 Å². The summed E-state index contributed by atoms with van der Waals surface area (Å²) in [5, 5.41) is 0. The van der Waals surface area contributed by atoms with Gasteiger partial charge in [-0.3, -0.25) is 11.3 Å². The number of benzene rings is 1. The number of rotatable bonds is 3. The minimum atomic E-state index is -0.513. The molecule has 0 spiro atoms. The minimum absolute atomic E-state index is 0.0946. The summed E-state index contributed by atoms with van der Waals surface area (Å²) in [5.74, 6) is 4.80. The molecular weight excluding hydrogens is 258 g/mol. The van der Waals surface area contributed by atoms with E-state index in [9.17, 15) is 8.78 Å². The third-order valence-electron chi connectivity index (χ3n) is 4.67. The number of hydrazine groups is 1. The lowest BCUT2D eigenvalue weighted by molar-refractivity contribution is 0.158. The molecule has 1 unspecified atom stereocenters. The van der Waals surface area contributed by atoms with E-state index in [0.717, 1.165) is 25.7 Å². The lowest BCUT2D eigenvalue weighted by Crippen LogP contribution is -2.37. The van der Waals surface area contributed by atoms with Crippen LogP contribution in [0.5, 0.6) is 0 Å². The number of aryl methyl sites for hydroxylation is 1. The third-order valence-corrected chi connectivity index (χ3v) is 4.67. The Morgan fingerprint density at radius 2 is 1.85 bits per heavy atom. The van der Waals surface area contributed by atoms with Crippen LogP contribution in [-0.4, -0.2) is 0 Å². The van der Waals surface area contributed by atoms with Crippen LogP contribution in [0, 0.1) is 29.9 Å². The second-order valence-electron chi connectivity index (χ2n) is 6.74.